The summed E-state index contributed by atoms with van der Waals surface area (Å²) in [5, 5.41) is 11.2. The number of non-ortho nitro benzene ring substituents is 1. The van der Waals surface area contributed by atoms with E-state index in [2.05, 4.69) is 0 Å². The zero-order valence-corrected chi connectivity index (χ0v) is 14.9. The molecule has 0 spiro atoms. The second-order valence-corrected chi connectivity index (χ2v) is 6.20. The zero-order chi connectivity index (χ0) is 20.4. The standard InChI is InChI=1S/C22H13NO6/c24-21-18-10-9-17(29-22(25)15-7-4-8-16(11-15)23(26)27)12-20(18)28-13-19(21)14-5-2-1-3-6-14/h1-13H. The molecule has 0 aliphatic rings. The van der Waals surface area contributed by atoms with E-state index in [-0.39, 0.29) is 28.0 Å². The van der Waals surface area contributed by atoms with E-state index in [1.54, 1.807) is 0 Å². The van der Waals surface area contributed by atoms with Crippen molar-refractivity contribution in [2.45, 2.75) is 0 Å². The van der Waals surface area contributed by atoms with E-state index in [1.165, 1.54) is 42.7 Å². The maximum Gasteiger partial charge on any atom is 0.343 e. The van der Waals surface area contributed by atoms with Crippen LogP contribution in [0.25, 0.3) is 22.1 Å². The van der Waals surface area contributed by atoms with Crippen LogP contribution in [0.1, 0.15) is 10.4 Å². The number of carbonyl (C=O) groups is 1. The summed E-state index contributed by atoms with van der Waals surface area (Å²) >= 11 is 0. The first-order valence-electron chi connectivity index (χ1n) is 8.60. The van der Waals surface area contributed by atoms with Crippen molar-refractivity contribution >= 4 is 22.6 Å². The van der Waals surface area contributed by atoms with Crippen LogP contribution in [0.2, 0.25) is 0 Å². The Morgan fingerprint density at radius 2 is 1.76 bits per heavy atom. The third kappa shape index (κ3) is 3.61. The van der Waals surface area contributed by atoms with Crippen LogP contribution in [-0.4, -0.2) is 10.9 Å². The van der Waals surface area contributed by atoms with Crippen molar-refractivity contribution in [2.24, 2.45) is 0 Å². The molecule has 7 heteroatoms. The first kappa shape index (κ1) is 18.1. The molecule has 4 rings (SSSR count). The summed E-state index contributed by atoms with van der Waals surface area (Å²) in [4.78, 5) is 35.3. The average molecular weight is 387 g/mol. The topological polar surface area (TPSA) is 99.7 Å². The summed E-state index contributed by atoms with van der Waals surface area (Å²) < 4.78 is 10.9. The molecule has 0 fully saturated rings. The van der Waals surface area contributed by atoms with Crippen molar-refractivity contribution in [3.05, 3.63) is 105 Å². The van der Waals surface area contributed by atoms with Gasteiger partial charge in [-0.2, -0.15) is 0 Å². The number of benzene rings is 3. The Bertz CT molecular complexity index is 1290. The van der Waals surface area contributed by atoms with Gasteiger partial charge in [0.15, 0.2) is 5.43 Å². The molecule has 0 saturated heterocycles. The minimum atomic E-state index is -0.753. The Balaban J connectivity index is 1.64. The first-order valence-corrected chi connectivity index (χ1v) is 8.60. The average Bonchev–Trinajstić information content (AvgIpc) is 2.74. The molecule has 142 valence electrons. The lowest BCUT2D eigenvalue weighted by Crippen LogP contribution is -2.09. The summed E-state index contributed by atoms with van der Waals surface area (Å²) in [5.41, 5.74) is 1.06. The molecule has 0 unspecified atom stereocenters. The van der Waals surface area contributed by atoms with Gasteiger partial charge in [0.2, 0.25) is 0 Å². The Kier molecular flexibility index (Phi) is 4.62. The maximum absolute atomic E-state index is 12.8. The molecule has 3 aromatic carbocycles. The molecule has 1 heterocycles. The number of rotatable bonds is 4. The van der Waals surface area contributed by atoms with Crippen LogP contribution in [0.3, 0.4) is 0 Å². The van der Waals surface area contributed by atoms with E-state index in [4.69, 9.17) is 9.15 Å². The van der Waals surface area contributed by atoms with E-state index >= 15 is 0 Å². The second kappa shape index (κ2) is 7.40. The molecule has 0 amide bonds. The van der Waals surface area contributed by atoms with E-state index in [1.807, 2.05) is 30.3 Å². The van der Waals surface area contributed by atoms with Crippen LogP contribution in [0.15, 0.2) is 88.3 Å². The van der Waals surface area contributed by atoms with Crippen molar-refractivity contribution in [3.63, 3.8) is 0 Å². The van der Waals surface area contributed by atoms with Gasteiger partial charge in [-0.15, -0.1) is 0 Å². The van der Waals surface area contributed by atoms with Crippen LogP contribution >= 0.6 is 0 Å². The molecule has 7 nitrogen and oxygen atoms in total. The smallest absolute Gasteiger partial charge is 0.343 e. The van der Waals surface area contributed by atoms with E-state index in [0.29, 0.717) is 10.9 Å². The number of nitro groups is 1. The predicted octanol–water partition coefficient (Wildman–Crippen LogP) is 4.59. The molecule has 4 aromatic rings. The van der Waals surface area contributed by atoms with Crippen LogP contribution in [0.5, 0.6) is 5.75 Å². The third-order valence-electron chi connectivity index (χ3n) is 4.33. The highest BCUT2D eigenvalue weighted by Gasteiger charge is 2.15. The van der Waals surface area contributed by atoms with Gasteiger partial charge in [-0.1, -0.05) is 36.4 Å². The molecule has 0 N–H and O–H groups in total. The van der Waals surface area contributed by atoms with Gasteiger partial charge in [-0.3, -0.25) is 14.9 Å². The normalized spacial score (nSPS) is 10.6. The molecule has 29 heavy (non-hydrogen) atoms. The number of hydrogen-bond acceptors (Lipinski definition) is 6. The lowest BCUT2D eigenvalue weighted by atomic mass is 10.1. The summed E-state index contributed by atoms with van der Waals surface area (Å²) in [7, 11) is 0. The highest BCUT2D eigenvalue weighted by atomic mass is 16.6. The largest absolute Gasteiger partial charge is 0.463 e. The van der Waals surface area contributed by atoms with E-state index in [0.717, 1.165) is 11.6 Å². The van der Waals surface area contributed by atoms with Gasteiger partial charge in [0, 0.05) is 18.2 Å². The zero-order valence-electron chi connectivity index (χ0n) is 14.9. The van der Waals surface area contributed by atoms with Gasteiger partial charge in [0.25, 0.3) is 5.69 Å². The van der Waals surface area contributed by atoms with Gasteiger partial charge >= 0.3 is 5.97 Å². The Hall–Kier alpha value is -4.26. The second-order valence-electron chi connectivity index (χ2n) is 6.20. The number of nitrogens with zero attached hydrogens (tertiary/aromatic N) is 1. The lowest BCUT2D eigenvalue weighted by molar-refractivity contribution is -0.384. The Morgan fingerprint density at radius 3 is 2.52 bits per heavy atom. The molecule has 1 aromatic heterocycles. The fraction of sp³-hybridized carbons (Fsp3) is 0. The summed E-state index contributed by atoms with van der Waals surface area (Å²) in [6.45, 7) is 0. The minimum Gasteiger partial charge on any atom is -0.463 e. The van der Waals surface area contributed by atoms with Gasteiger partial charge < -0.3 is 9.15 Å². The van der Waals surface area contributed by atoms with Crippen molar-refractivity contribution in [2.75, 3.05) is 0 Å². The van der Waals surface area contributed by atoms with E-state index in [9.17, 15) is 19.7 Å². The Morgan fingerprint density at radius 1 is 0.966 bits per heavy atom. The summed E-state index contributed by atoms with van der Waals surface area (Å²) in [6.07, 6.45) is 1.37. The molecule has 0 bridgehead atoms. The molecular weight excluding hydrogens is 374 g/mol. The Labute approximate surface area is 163 Å². The van der Waals surface area contributed by atoms with Gasteiger partial charge in [0.05, 0.1) is 21.4 Å². The van der Waals surface area contributed by atoms with Crippen molar-refractivity contribution < 1.29 is 18.9 Å². The quantitative estimate of drug-likeness (QED) is 0.220. The molecule has 0 aliphatic carbocycles. The van der Waals surface area contributed by atoms with Gasteiger partial charge in [0.1, 0.15) is 17.6 Å². The molecule has 0 radical (unpaired) electrons. The van der Waals surface area contributed by atoms with Crippen molar-refractivity contribution in [1.29, 1.82) is 0 Å². The van der Waals surface area contributed by atoms with Crippen LogP contribution in [0, 0.1) is 10.1 Å². The molecular formula is C22H13NO6. The molecule has 0 aliphatic heterocycles. The number of esters is 1. The summed E-state index contributed by atoms with van der Waals surface area (Å²) in [6, 6.07) is 18.8. The summed E-state index contributed by atoms with van der Waals surface area (Å²) in [5.74, 6) is -0.596. The van der Waals surface area contributed by atoms with Crippen molar-refractivity contribution in [3.8, 4) is 16.9 Å². The molecule has 0 saturated carbocycles. The van der Waals surface area contributed by atoms with Crippen LogP contribution < -0.4 is 10.2 Å². The van der Waals surface area contributed by atoms with Gasteiger partial charge in [-0.25, -0.2) is 4.79 Å². The third-order valence-corrected chi connectivity index (χ3v) is 4.33. The number of fused-ring (bicyclic) bond motifs is 1. The number of carbonyl (C=O) groups excluding carboxylic acids is 1. The highest BCUT2D eigenvalue weighted by Crippen LogP contribution is 2.24. The number of nitro benzene ring substituents is 1. The van der Waals surface area contributed by atoms with Crippen LogP contribution in [-0.2, 0) is 0 Å². The minimum absolute atomic E-state index is 0.0418. The number of ether oxygens (including phenoxy) is 1. The highest BCUT2D eigenvalue weighted by molar-refractivity contribution is 5.92. The monoisotopic (exact) mass is 387 g/mol. The maximum atomic E-state index is 12.8. The van der Waals surface area contributed by atoms with E-state index < -0.39 is 10.9 Å². The predicted molar refractivity (Wildman–Crippen MR) is 106 cm³/mol. The lowest BCUT2D eigenvalue weighted by Gasteiger charge is -2.06. The first-order chi connectivity index (χ1) is 14.0. The molecule has 0 atom stereocenters. The number of hydrogen-bond donors (Lipinski definition) is 0. The van der Waals surface area contributed by atoms with Crippen molar-refractivity contribution in [1.82, 2.24) is 0 Å². The fourth-order valence-corrected chi connectivity index (χ4v) is 2.90. The SMILES string of the molecule is O=C(Oc1ccc2c(=O)c(-c3ccccc3)coc2c1)c1cccc([N+](=O)[O-])c1. The van der Waals surface area contributed by atoms with Gasteiger partial charge in [-0.05, 0) is 23.8 Å². The fourth-order valence-electron chi connectivity index (χ4n) is 2.90. The van der Waals surface area contributed by atoms with Crippen LogP contribution in [0.4, 0.5) is 5.69 Å².